The Morgan fingerprint density at radius 3 is 2.76 bits per heavy atom. The van der Waals surface area contributed by atoms with Crippen LogP contribution in [0.4, 0.5) is 0 Å². The van der Waals surface area contributed by atoms with E-state index < -0.39 is 10.0 Å². The molecule has 0 aromatic carbocycles. The van der Waals surface area contributed by atoms with Gasteiger partial charge in [0.15, 0.2) is 0 Å². The van der Waals surface area contributed by atoms with Gasteiger partial charge in [-0.1, -0.05) is 11.6 Å². The van der Waals surface area contributed by atoms with Crippen molar-refractivity contribution in [2.24, 2.45) is 5.92 Å². The van der Waals surface area contributed by atoms with Gasteiger partial charge >= 0.3 is 0 Å². The summed E-state index contributed by atoms with van der Waals surface area (Å²) in [4.78, 5) is 8.69. The van der Waals surface area contributed by atoms with Crippen LogP contribution in [-0.4, -0.2) is 51.8 Å². The van der Waals surface area contributed by atoms with Gasteiger partial charge in [0, 0.05) is 49.1 Å². The first-order chi connectivity index (χ1) is 11.9. The number of hydrogen-bond donors (Lipinski definition) is 0. The zero-order valence-electron chi connectivity index (χ0n) is 13.5. The number of halogens is 1. The average molecular weight is 378 g/mol. The van der Waals surface area contributed by atoms with E-state index in [1.54, 1.807) is 18.5 Å². The summed E-state index contributed by atoms with van der Waals surface area (Å²) in [5.41, 5.74) is 3.38. The normalized spacial score (nSPS) is 16.2. The monoisotopic (exact) mass is 377 g/mol. The molecule has 1 saturated heterocycles. The molecule has 9 heteroatoms. The fourth-order valence-corrected chi connectivity index (χ4v) is 4.04. The lowest BCUT2D eigenvalue weighted by molar-refractivity contribution is 0.176. The van der Waals surface area contributed by atoms with Crippen LogP contribution in [0.3, 0.4) is 0 Å². The number of hydrogen-bond acceptors (Lipinski definition) is 5. The maximum atomic E-state index is 11.4. The third-order valence-electron chi connectivity index (χ3n) is 4.31. The summed E-state index contributed by atoms with van der Waals surface area (Å²) in [7, 11) is -3.08. The van der Waals surface area contributed by atoms with E-state index in [9.17, 15) is 8.42 Å². The van der Waals surface area contributed by atoms with Gasteiger partial charge < -0.3 is 0 Å². The summed E-state index contributed by atoms with van der Waals surface area (Å²) in [6, 6.07) is 5.49. The van der Waals surface area contributed by atoms with Crippen molar-refractivity contribution < 1.29 is 8.42 Å². The van der Waals surface area contributed by atoms with Crippen molar-refractivity contribution in [2.45, 2.75) is 6.54 Å². The highest BCUT2D eigenvalue weighted by molar-refractivity contribution is 7.88. The molecule has 130 valence electrons. The molecule has 25 heavy (non-hydrogen) atoms. The number of rotatable bonds is 4. The molecule has 0 radical (unpaired) electrons. The lowest BCUT2D eigenvalue weighted by atomic mass is 10.0. The van der Waals surface area contributed by atoms with E-state index in [4.69, 9.17) is 11.6 Å². The fraction of sp³-hybridized carbons (Fsp3) is 0.312. The number of pyridine rings is 2. The zero-order valence-corrected chi connectivity index (χ0v) is 15.1. The Balaban J connectivity index is 1.50. The zero-order chi connectivity index (χ0) is 17.6. The lowest BCUT2D eigenvalue weighted by Crippen LogP contribution is -2.50. The number of sulfonamides is 1. The first-order valence-corrected chi connectivity index (χ1v) is 10.0. The second-order valence-electron chi connectivity index (χ2n) is 6.29. The van der Waals surface area contributed by atoms with Crippen molar-refractivity contribution in [3.63, 3.8) is 0 Å². The van der Waals surface area contributed by atoms with E-state index in [1.165, 1.54) is 10.6 Å². The Hall–Kier alpha value is -2.03. The molecule has 4 heterocycles. The minimum absolute atomic E-state index is 0.290. The molecule has 3 aromatic rings. The molecule has 0 aliphatic carbocycles. The highest BCUT2D eigenvalue weighted by atomic mass is 35.5. The molecule has 4 rings (SSSR count). The SMILES string of the molecule is CS(=O)(=O)N1CC(Cn2cc(-c3cnc4ccc(Cl)nc4c3)cn2)C1. The van der Waals surface area contributed by atoms with Crippen LogP contribution >= 0.6 is 11.6 Å². The van der Waals surface area contributed by atoms with Crippen LogP contribution in [0.1, 0.15) is 0 Å². The topological polar surface area (TPSA) is 81.0 Å². The maximum Gasteiger partial charge on any atom is 0.211 e. The number of fused-ring (bicyclic) bond motifs is 1. The smallest absolute Gasteiger partial charge is 0.211 e. The predicted octanol–water partition coefficient (Wildman–Crippen LogP) is 2.04. The number of aromatic nitrogens is 4. The fourth-order valence-electron chi connectivity index (χ4n) is 2.93. The molecule has 0 bridgehead atoms. The van der Waals surface area contributed by atoms with E-state index in [0.29, 0.717) is 24.8 Å². The molecule has 7 nitrogen and oxygen atoms in total. The molecular weight excluding hydrogens is 362 g/mol. The molecule has 0 saturated carbocycles. The first kappa shape index (κ1) is 16.4. The standard InChI is InChI=1S/C16H16ClN5O2S/c1-25(23,24)22-8-11(9-22)7-21-10-13(6-19-21)12-4-15-14(18-5-12)2-3-16(17)20-15/h2-6,10-11H,7-9H2,1H3. The Labute approximate surface area is 150 Å². The molecule has 0 atom stereocenters. The van der Waals surface area contributed by atoms with Crippen LogP contribution in [0.5, 0.6) is 0 Å². The lowest BCUT2D eigenvalue weighted by Gasteiger charge is -2.36. The Morgan fingerprint density at radius 2 is 2.00 bits per heavy atom. The Bertz CT molecular complexity index is 1040. The second kappa shape index (κ2) is 6.05. The molecule has 0 N–H and O–H groups in total. The van der Waals surface area contributed by atoms with Gasteiger partial charge in [-0.05, 0) is 18.2 Å². The van der Waals surface area contributed by atoms with E-state index in [2.05, 4.69) is 15.1 Å². The summed E-state index contributed by atoms with van der Waals surface area (Å²) >= 11 is 5.94. The van der Waals surface area contributed by atoms with Crippen molar-refractivity contribution in [1.82, 2.24) is 24.1 Å². The summed E-state index contributed by atoms with van der Waals surface area (Å²) in [5.74, 6) is 0.290. The first-order valence-electron chi connectivity index (χ1n) is 7.79. The van der Waals surface area contributed by atoms with Crippen LogP contribution in [0, 0.1) is 5.92 Å². The quantitative estimate of drug-likeness (QED) is 0.650. The van der Waals surface area contributed by atoms with Crippen LogP contribution in [0.15, 0.2) is 36.8 Å². The van der Waals surface area contributed by atoms with Gasteiger partial charge in [0.2, 0.25) is 10.0 Å². The van der Waals surface area contributed by atoms with E-state index in [1.807, 2.05) is 23.0 Å². The summed E-state index contributed by atoms with van der Waals surface area (Å²) in [5, 5.41) is 4.81. The van der Waals surface area contributed by atoms with Gasteiger partial charge in [-0.25, -0.2) is 17.7 Å². The van der Waals surface area contributed by atoms with Crippen molar-refractivity contribution in [3.8, 4) is 11.1 Å². The van der Waals surface area contributed by atoms with Crippen LogP contribution in [0.25, 0.3) is 22.2 Å². The third kappa shape index (κ3) is 3.37. The van der Waals surface area contributed by atoms with Gasteiger partial charge in [0.25, 0.3) is 0 Å². The average Bonchev–Trinajstić information content (AvgIpc) is 2.97. The molecule has 1 fully saturated rings. The van der Waals surface area contributed by atoms with Gasteiger partial charge in [-0.2, -0.15) is 5.10 Å². The second-order valence-corrected chi connectivity index (χ2v) is 8.66. The van der Waals surface area contributed by atoms with E-state index in [0.717, 1.165) is 22.2 Å². The van der Waals surface area contributed by atoms with Gasteiger partial charge in [0.1, 0.15) is 5.15 Å². The number of nitrogens with zero attached hydrogens (tertiary/aromatic N) is 5. The van der Waals surface area contributed by atoms with Gasteiger partial charge in [0.05, 0.1) is 23.5 Å². The predicted molar refractivity (Wildman–Crippen MR) is 95.7 cm³/mol. The molecule has 0 amide bonds. The van der Waals surface area contributed by atoms with Crippen molar-refractivity contribution >= 4 is 32.7 Å². The largest absolute Gasteiger partial charge is 0.272 e. The van der Waals surface area contributed by atoms with Gasteiger partial charge in [-0.3, -0.25) is 9.67 Å². The maximum absolute atomic E-state index is 11.4. The Morgan fingerprint density at radius 1 is 1.20 bits per heavy atom. The molecule has 1 aliphatic heterocycles. The Kier molecular flexibility index (Phi) is 3.98. The van der Waals surface area contributed by atoms with Crippen LogP contribution < -0.4 is 0 Å². The molecule has 0 unspecified atom stereocenters. The molecule has 1 aliphatic rings. The van der Waals surface area contributed by atoms with Gasteiger partial charge in [-0.15, -0.1) is 0 Å². The summed E-state index contributed by atoms with van der Waals surface area (Å²) < 4.78 is 26.1. The highest BCUT2D eigenvalue weighted by Gasteiger charge is 2.33. The van der Waals surface area contributed by atoms with E-state index in [-0.39, 0.29) is 5.92 Å². The highest BCUT2D eigenvalue weighted by Crippen LogP contribution is 2.24. The minimum atomic E-state index is -3.08. The van der Waals surface area contributed by atoms with Crippen molar-refractivity contribution in [1.29, 1.82) is 0 Å². The third-order valence-corrected chi connectivity index (χ3v) is 5.75. The van der Waals surface area contributed by atoms with Crippen molar-refractivity contribution in [3.05, 3.63) is 41.9 Å². The van der Waals surface area contributed by atoms with Crippen molar-refractivity contribution in [2.75, 3.05) is 19.3 Å². The summed E-state index contributed by atoms with van der Waals surface area (Å²) in [6.45, 7) is 1.79. The van der Waals surface area contributed by atoms with Crippen LogP contribution in [0.2, 0.25) is 5.15 Å². The van der Waals surface area contributed by atoms with Crippen LogP contribution in [-0.2, 0) is 16.6 Å². The minimum Gasteiger partial charge on any atom is -0.272 e. The molecular formula is C16H16ClN5O2S. The van der Waals surface area contributed by atoms with E-state index >= 15 is 0 Å². The summed E-state index contributed by atoms with van der Waals surface area (Å²) in [6.07, 6.45) is 6.74. The molecule has 3 aromatic heterocycles. The molecule has 0 spiro atoms.